The van der Waals surface area contributed by atoms with E-state index in [9.17, 15) is 0 Å². The van der Waals surface area contributed by atoms with Crippen molar-refractivity contribution in [2.45, 2.75) is 32.2 Å². The minimum absolute atomic E-state index is 0.220. The maximum atomic E-state index is 4.28. The van der Waals surface area contributed by atoms with E-state index in [0.29, 0.717) is 0 Å². The largest absolute Gasteiger partial charge is 0.305 e. The third-order valence-corrected chi connectivity index (χ3v) is 2.32. The van der Waals surface area contributed by atoms with E-state index in [1.165, 1.54) is 0 Å². The Morgan fingerprint density at radius 2 is 2.20 bits per heavy atom. The molecule has 2 heteroatoms. The molecule has 0 saturated carbocycles. The van der Waals surface area contributed by atoms with Gasteiger partial charge in [-0.25, -0.2) is 0 Å². The van der Waals surface area contributed by atoms with Gasteiger partial charge in [0, 0.05) is 12.8 Å². The molecule has 2 nitrogen and oxygen atoms in total. The molecule has 0 amide bonds. The van der Waals surface area contributed by atoms with Gasteiger partial charge in [0.05, 0.1) is 12.1 Å². The second kappa shape index (κ2) is 3.15. The molecule has 0 aromatic carbocycles. The minimum Gasteiger partial charge on any atom is -0.305 e. The molecule has 58 valence electrons. The molecule has 0 unspecified atom stereocenters. The van der Waals surface area contributed by atoms with Gasteiger partial charge in [0.15, 0.2) is 0 Å². The summed E-state index contributed by atoms with van der Waals surface area (Å²) in [5.74, 6) is 0. The molecule has 1 aliphatic rings. The zero-order chi connectivity index (χ0) is 7.45. The molecule has 0 radical (unpaired) electrons. The van der Waals surface area contributed by atoms with Crippen LogP contribution in [0.4, 0.5) is 0 Å². The van der Waals surface area contributed by atoms with E-state index in [1.807, 2.05) is 0 Å². The Balaban J connectivity index is 2.61. The van der Waals surface area contributed by atoms with Gasteiger partial charge in [0.1, 0.15) is 0 Å². The molecule has 0 fully saturated rings. The number of hydrogen-bond acceptors (Lipinski definition) is 2. The molecule has 1 N–H and O–H groups in total. The molecule has 0 aromatic rings. The first kappa shape index (κ1) is 7.73. The summed E-state index contributed by atoms with van der Waals surface area (Å²) in [6.07, 6.45) is 4.37. The summed E-state index contributed by atoms with van der Waals surface area (Å²) in [5, 5.41) is 3.48. The van der Waals surface area contributed by atoms with Crippen LogP contribution in [0.25, 0.3) is 0 Å². The first-order chi connectivity index (χ1) is 4.83. The summed E-state index contributed by atoms with van der Waals surface area (Å²) in [6, 6.07) is 0. The lowest BCUT2D eigenvalue weighted by Gasteiger charge is -2.31. The number of aliphatic imine (C=N–C) groups is 1. The predicted molar refractivity (Wildman–Crippen MR) is 44.7 cm³/mol. The summed E-state index contributed by atoms with van der Waals surface area (Å²) in [6.45, 7) is 6.39. The lowest BCUT2D eigenvalue weighted by molar-refractivity contribution is 0.404. The van der Waals surface area contributed by atoms with Crippen LogP contribution in [0.2, 0.25) is 0 Å². The van der Waals surface area contributed by atoms with E-state index in [4.69, 9.17) is 0 Å². The SMILES string of the molecule is CCC1(CC)C=NCCN1. The molecule has 1 rings (SSSR count). The van der Waals surface area contributed by atoms with Crippen LogP contribution in [0.5, 0.6) is 0 Å². The van der Waals surface area contributed by atoms with E-state index < -0.39 is 0 Å². The van der Waals surface area contributed by atoms with Gasteiger partial charge in [-0.3, -0.25) is 4.99 Å². The minimum atomic E-state index is 0.220. The fraction of sp³-hybridized carbons (Fsp3) is 0.875. The average molecular weight is 140 g/mol. The maximum absolute atomic E-state index is 4.28. The molecule has 0 bridgehead atoms. The second-order valence-electron chi connectivity index (χ2n) is 2.83. The van der Waals surface area contributed by atoms with Gasteiger partial charge in [-0.05, 0) is 12.8 Å². The van der Waals surface area contributed by atoms with Crippen molar-refractivity contribution in [3.05, 3.63) is 0 Å². The highest BCUT2D eigenvalue weighted by atomic mass is 15.0. The summed E-state index contributed by atoms with van der Waals surface area (Å²) in [5.41, 5.74) is 0.220. The second-order valence-corrected chi connectivity index (χ2v) is 2.83. The Bertz CT molecular complexity index is 125. The van der Waals surface area contributed by atoms with Gasteiger partial charge in [-0.1, -0.05) is 13.8 Å². The van der Waals surface area contributed by atoms with Crippen LogP contribution in [0.1, 0.15) is 26.7 Å². The van der Waals surface area contributed by atoms with Crippen molar-refractivity contribution >= 4 is 6.21 Å². The van der Waals surface area contributed by atoms with Crippen LogP contribution >= 0.6 is 0 Å². The van der Waals surface area contributed by atoms with Gasteiger partial charge in [-0.2, -0.15) is 0 Å². The monoisotopic (exact) mass is 140 g/mol. The van der Waals surface area contributed by atoms with Crippen molar-refractivity contribution in [3.63, 3.8) is 0 Å². The number of hydrogen-bond donors (Lipinski definition) is 1. The Morgan fingerprint density at radius 3 is 2.50 bits per heavy atom. The van der Waals surface area contributed by atoms with Crippen molar-refractivity contribution in [1.29, 1.82) is 0 Å². The molecule has 0 spiro atoms. The molecule has 1 aliphatic heterocycles. The maximum Gasteiger partial charge on any atom is 0.0529 e. The number of nitrogens with zero attached hydrogens (tertiary/aromatic N) is 1. The van der Waals surface area contributed by atoms with Crippen LogP contribution in [-0.4, -0.2) is 24.8 Å². The van der Waals surface area contributed by atoms with Gasteiger partial charge in [0.2, 0.25) is 0 Å². The lowest BCUT2D eigenvalue weighted by atomic mass is 9.93. The molecular formula is C8H16N2. The topological polar surface area (TPSA) is 24.4 Å². The van der Waals surface area contributed by atoms with E-state index in [1.54, 1.807) is 0 Å². The van der Waals surface area contributed by atoms with Gasteiger partial charge >= 0.3 is 0 Å². The first-order valence-corrected chi connectivity index (χ1v) is 4.09. The first-order valence-electron chi connectivity index (χ1n) is 4.09. The fourth-order valence-electron chi connectivity index (χ4n) is 1.34. The Morgan fingerprint density at radius 1 is 1.50 bits per heavy atom. The van der Waals surface area contributed by atoms with E-state index in [2.05, 4.69) is 30.4 Å². The van der Waals surface area contributed by atoms with E-state index >= 15 is 0 Å². The normalized spacial score (nSPS) is 23.0. The van der Waals surface area contributed by atoms with Gasteiger partial charge < -0.3 is 5.32 Å². The molecule has 0 aromatic heterocycles. The van der Waals surface area contributed by atoms with E-state index in [0.717, 1.165) is 25.9 Å². The highest BCUT2D eigenvalue weighted by Gasteiger charge is 2.24. The third-order valence-electron chi connectivity index (χ3n) is 2.32. The zero-order valence-electron chi connectivity index (χ0n) is 6.85. The van der Waals surface area contributed by atoms with Crippen molar-refractivity contribution in [2.75, 3.05) is 13.1 Å². The fourth-order valence-corrected chi connectivity index (χ4v) is 1.34. The molecule has 1 heterocycles. The summed E-state index contributed by atoms with van der Waals surface area (Å²) in [7, 11) is 0. The van der Waals surface area contributed by atoms with Crippen LogP contribution in [-0.2, 0) is 0 Å². The lowest BCUT2D eigenvalue weighted by Crippen LogP contribution is -2.49. The van der Waals surface area contributed by atoms with Crippen LogP contribution < -0.4 is 5.32 Å². The summed E-state index contributed by atoms with van der Waals surface area (Å²) < 4.78 is 0. The van der Waals surface area contributed by atoms with Crippen LogP contribution in [0, 0.1) is 0 Å². The van der Waals surface area contributed by atoms with Crippen molar-refractivity contribution in [3.8, 4) is 0 Å². The van der Waals surface area contributed by atoms with Crippen LogP contribution in [0.3, 0.4) is 0 Å². The Labute approximate surface area is 62.7 Å². The quantitative estimate of drug-likeness (QED) is 0.612. The Kier molecular flexibility index (Phi) is 2.44. The summed E-state index contributed by atoms with van der Waals surface area (Å²) in [4.78, 5) is 4.28. The number of rotatable bonds is 2. The van der Waals surface area contributed by atoms with Crippen molar-refractivity contribution < 1.29 is 0 Å². The van der Waals surface area contributed by atoms with Gasteiger partial charge in [0.25, 0.3) is 0 Å². The zero-order valence-corrected chi connectivity index (χ0v) is 6.85. The predicted octanol–water partition coefficient (Wildman–Crippen LogP) is 1.22. The van der Waals surface area contributed by atoms with E-state index in [-0.39, 0.29) is 5.54 Å². The smallest absolute Gasteiger partial charge is 0.0529 e. The molecule has 0 atom stereocenters. The van der Waals surface area contributed by atoms with Crippen LogP contribution in [0.15, 0.2) is 4.99 Å². The van der Waals surface area contributed by atoms with Gasteiger partial charge in [-0.15, -0.1) is 0 Å². The van der Waals surface area contributed by atoms with Crippen molar-refractivity contribution in [2.24, 2.45) is 4.99 Å². The number of nitrogens with one attached hydrogen (secondary N) is 1. The molecule has 0 aliphatic carbocycles. The highest BCUT2D eigenvalue weighted by Crippen LogP contribution is 2.13. The molecule has 0 saturated heterocycles. The Hall–Kier alpha value is -0.370. The standard InChI is InChI=1S/C8H16N2/c1-3-8(4-2)7-9-5-6-10-8/h7,10H,3-6H2,1-2H3. The third kappa shape index (κ3) is 1.37. The summed E-state index contributed by atoms with van der Waals surface area (Å²) >= 11 is 0. The highest BCUT2D eigenvalue weighted by molar-refractivity contribution is 5.70. The average Bonchev–Trinajstić information content (AvgIpc) is 2.06. The molecule has 10 heavy (non-hydrogen) atoms. The molecular weight excluding hydrogens is 124 g/mol. The van der Waals surface area contributed by atoms with Crippen molar-refractivity contribution in [1.82, 2.24) is 5.32 Å².